The van der Waals surface area contributed by atoms with Crippen molar-refractivity contribution in [3.8, 4) is 5.75 Å². The van der Waals surface area contributed by atoms with Crippen molar-refractivity contribution in [2.75, 3.05) is 7.11 Å². The standard InChI is InChI=1S/C14H15N3O4S/c1-8(9-3-5-10(21-2)6-4-9)16-17-14-15-13(20)11(22-14)7-12(18)19/h3-6,11,16H,1,7H2,2H3,(H,18,19)(H,15,17,20)/t11-/m1/s1. The van der Waals surface area contributed by atoms with E-state index in [4.69, 9.17) is 9.84 Å². The van der Waals surface area contributed by atoms with E-state index >= 15 is 0 Å². The largest absolute Gasteiger partial charge is 0.497 e. The van der Waals surface area contributed by atoms with Gasteiger partial charge in [0.05, 0.1) is 19.2 Å². The molecule has 1 aliphatic rings. The molecule has 0 radical (unpaired) electrons. The molecule has 1 aromatic rings. The highest BCUT2D eigenvalue weighted by atomic mass is 32.2. The fourth-order valence-corrected chi connectivity index (χ4v) is 2.65. The minimum Gasteiger partial charge on any atom is -0.497 e. The molecule has 8 heteroatoms. The quantitative estimate of drug-likeness (QED) is 0.682. The van der Waals surface area contributed by atoms with Gasteiger partial charge in [-0.2, -0.15) is 0 Å². The number of hydrogen-bond acceptors (Lipinski definition) is 6. The molecule has 1 fully saturated rings. The Balaban J connectivity index is 1.95. The Labute approximate surface area is 131 Å². The fourth-order valence-electron chi connectivity index (χ4n) is 1.73. The number of ether oxygens (including phenoxy) is 1. The van der Waals surface area contributed by atoms with Gasteiger partial charge < -0.3 is 15.2 Å². The number of nitrogens with one attached hydrogen (secondary N) is 2. The number of amidine groups is 1. The fraction of sp³-hybridized carbons (Fsp3) is 0.214. The van der Waals surface area contributed by atoms with Gasteiger partial charge in [0.2, 0.25) is 5.91 Å². The van der Waals surface area contributed by atoms with Crippen molar-refractivity contribution >= 4 is 34.5 Å². The maximum absolute atomic E-state index is 11.6. The summed E-state index contributed by atoms with van der Waals surface area (Å²) < 4.78 is 5.07. The summed E-state index contributed by atoms with van der Waals surface area (Å²) >= 11 is 1.08. The summed E-state index contributed by atoms with van der Waals surface area (Å²) in [6, 6.07) is 7.23. The van der Waals surface area contributed by atoms with Crippen LogP contribution in [0.5, 0.6) is 5.75 Å². The molecule has 22 heavy (non-hydrogen) atoms. The zero-order chi connectivity index (χ0) is 16.1. The van der Waals surface area contributed by atoms with Crippen molar-refractivity contribution in [2.45, 2.75) is 11.7 Å². The van der Waals surface area contributed by atoms with Crippen LogP contribution in [-0.4, -0.2) is 34.5 Å². The van der Waals surface area contributed by atoms with Gasteiger partial charge in [0, 0.05) is 0 Å². The maximum Gasteiger partial charge on any atom is 0.305 e. The third-order valence-electron chi connectivity index (χ3n) is 2.87. The summed E-state index contributed by atoms with van der Waals surface area (Å²) in [5.41, 5.74) is 4.11. The number of carboxylic acids is 1. The molecule has 3 N–H and O–H groups in total. The number of benzene rings is 1. The molecule has 1 amide bonds. The van der Waals surface area contributed by atoms with Gasteiger partial charge in [-0.15, -0.1) is 5.10 Å². The molecule has 2 rings (SSSR count). The zero-order valence-electron chi connectivity index (χ0n) is 11.8. The van der Waals surface area contributed by atoms with Crippen molar-refractivity contribution in [3.05, 3.63) is 36.4 Å². The van der Waals surface area contributed by atoms with Crippen LogP contribution in [0, 0.1) is 0 Å². The molecule has 0 bridgehead atoms. The summed E-state index contributed by atoms with van der Waals surface area (Å²) in [5.74, 6) is -0.648. The summed E-state index contributed by atoms with van der Waals surface area (Å²) in [7, 11) is 1.58. The highest BCUT2D eigenvalue weighted by Gasteiger charge is 2.32. The molecule has 1 heterocycles. The molecule has 1 aliphatic heterocycles. The molecule has 0 unspecified atom stereocenters. The van der Waals surface area contributed by atoms with Crippen LogP contribution in [0.25, 0.3) is 5.70 Å². The second kappa shape index (κ2) is 6.99. The van der Waals surface area contributed by atoms with Crippen molar-refractivity contribution in [1.29, 1.82) is 0 Å². The van der Waals surface area contributed by atoms with Gasteiger partial charge in [-0.05, 0) is 29.8 Å². The Bertz CT molecular complexity index is 627. The predicted octanol–water partition coefficient (Wildman–Crippen LogP) is 1.23. The number of hydrogen-bond donors (Lipinski definition) is 3. The van der Waals surface area contributed by atoms with Crippen LogP contribution < -0.4 is 15.5 Å². The Morgan fingerprint density at radius 3 is 2.77 bits per heavy atom. The number of amides is 1. The van der Waals surface area contributed by atoms with Crippen LogP contribution in [0.4, 0.5) is 0 Å². The van der Waals surface area contributed by atoms with E-state index in [1.54, 1.807) is 19.2 Å². The second-order valence-electron chi connectivity index (χ2n) is 4.43. The highest BCUT2D eigenvalue weighted by Crippen LogP contribution is 2.22. The molecular weight excluding hydrogens is 306 g/mol. The van der Waals surface area contributed by atoms with Crippen LogP contribution in [-0.2, 0) is 9.59 Å². The summed E-state index contributed by atoms with van der Waals surface area (Å²) in [6.45, 7) is 3.85. The smallest absolute Gasteiger partial charge is 0.305 e. The van der Waals surface area contributed by atoms with Crippen molar-refractivity contribution in [3.63, 3.8) is 0 Å². The molecule has 0 saturated carbocycles. The van der Waals surface area contributed by atoms with Crippen molar-refractivity contribution in [2.24, 2.45) is 5.10 Å². The molecule has 116 valence electrons. The summed E-state index contributed by atoms with van der Waals surface area (Å²) in [6.07, 6.45) is -0.241. The first-order valence-corrected chi connectivity index (χ1v) is 7.24. The first-order chi connectivity index (χ1) is 10.5. The average Bonchev–Trinajstić information content (AvgIpc) is 2.84. The topological polar surface area (TPSA) is 100 Å². The predicted molar refractivity (Wildman–Crippen MR) is 84.4 cm³/mol. The lowest BCUT2D eigenvalue weighted by molar-refractivity contribution is -0.138. The van der Waals surface area contributed by atoms with E-state index in [9.17, 15) is 9.59 Å². The SMILES string of the molecule is C=C(N/N=C1\NC(=O)[C@@H](CC(=O)O)S1)c1ccc(OC)cc1. The molecule has 1 aromatic carbocycles. The van der Waals surface area contributed by atoms with Gasteiger partial charge in [-0.3, -0.25) is 15.0 Å². The second-order valence-corrected chi connectivity index (χ2v) is 5.62. The van der Waals surface area contributed by atoms with Gasteiger partial charge in [0.1, 0.15) is 11.0 Å². The molecule has 7 nitrogen and oxygen atoms in total. The number of carbonyl (C=O) groups excluding carboxylic acids is 1. The van der Waals surface area contributed by atoms with Crippen LogP contribution in [0.2, 0.25) is 0 Å². The normalized spacial score (nSPS) is 18.9. The Kier molecular flexibility index (Phi) is 5.05. The van der Waals surface area contributed by atoms with Crippen LogP contribution in [0.15, 0.2) is 35.9 Å². The first-order valence-electron chi connectivity index (χ1n) is 6.36. The van der Waals surface area contributed by atoms with E-state index in [-0.39, 0.29) is 12.3 Å². The lowest BCUT2D eigenvalue weighted by Gasteiger charge is -2.06. The van der Waals surface area contributed by atoms with E-state index in [0.29, 0.717) is 10.9 Å². The van der Waals surface area contributed by atoms with Gasteiger partial charge in [0.15, 0.2) is 5.17 Å². The molecule has 0 aliphatic carbocycles. The van der Waals surface area contributed by atoms with Gasteiger partial charge in [-0.1, -0.05) is 18.3 Å². The lowest BCUT2D eigenvalue weighted by Crippen LogP contribution is -2.27. The molecular formula is C14H15N3O4S. The minimum atomic E-state index is -1.02. The number of nitrogens with zero attached hydrogens (tertiary/aromatic N) is 1. The zero-order valence-corrected chi connectivity index (χ0v) is 12.6. The lowest BCUT2D eigenvalue weighted by atomic mass is 10.2. The molecule has 0 spiro atoms. The van der Waals surface area contributed by atoms with E-state index in [2.05, 4.69) is 22.4 Å². The highest BCUT2D eigenvalue weighted by molar-refractivity contribution is 8.15. The maximum atomic E-state index is 11.6. The monoisotopic (exact) mass is 321 g/mol. The number of aliphatic carboxylic acids is 1. The summed E-state index contributed by atoms with van der Waals surface area (Å²) in [4.78, 5) is 22.2. The van der Waals surface area contributed by atoms with E-state index in [0.717, 1.165) is 23.1 Å². The third-order valence-corrected chi connectivity index (χ3v) is 3.95. The van der Waals surface area contributed by atoms with Gasteiger partial charge >= 0.3 is 5.97 Å². The molecule has 1 saturated heterocycles. The van der Waals surface area contributed by atoms with E-state index in [1.165, 1.54) is 0 Å². The molecule has 1 atom stereocenters. The van der Waals surface area contributed by atoms with Crippen LogP contribution >= 0.6 is 11.8 Å². The van der Waals surface area contributed by atoms with E-state index < -0.39 is 11.2 Å². The third kappa shape index (κ3) is 4.01. The van der Waals surface area contributed by atoms with Gasteiger partial charge in [-0.25, -0.2) is 0 Å². The van der Waals surface area contributed by atoms with Crippen LogP contribution in [0.3, 0.4) is 0 Å². The average molecular weight is 321 g/mol. The number of carboxylic acid groups (broad SMARTS) is 1. The number of thioether (sulfide) groups is 1. The number of rotatable bonds is 6. The Morgan fingerprint density at radius 2 is 2.18 bits per heavy atom. The van der Waals surface area contributed by atoms with Crippen molar-refractivity contribution in [1.82, 2.24) is 10.7 Å². The molecule has 0 aromatic heterocycles. The van der Waals surface area contributed by atoms with Crippen LogP contribution in [0.1, 0.15) is 12.0 Å². The van der Waals surface area contributed by atoms with Crippen molar-refractivity contribution < 1.29 is 19.4 Å². The van der Waals surface area contributed by atoms with E-state index in [1.807, 2.05) is 12.1 Å². The summed E-state index contributed by atoms with van der Waals surface area (Å²) in [5, 5.41) is 14.9. The minimum absolute atomic E-state index is 0.241. The Hall–Kier alpha value is -2.48. The Morgan fingerprint density at radius 1 is 1.50 bits per heavy atom. The first kappa shape index (κ1) is 15.9. The number of hydrazone groups is 1. The number of carbonyl (C=O) groups is 2. The number of methoxy groups -OCH3 is 1. The van der Waals surface area contributed by atoms with Gasteiger partial charge in [0.25, 0.3) is 0 Å².